The summed E-state index contributed by atoms with van der Waals surface area (Å²) in [7, 11) is 0. The van der Waals surface area contributed by atoms with Gasteiger partial charge in [-0.1, -0.05) is 37.3 Å². The van der Waals surface area contributed by atoms with E-state index < -0.39 is 0 Å². The Labute approximate surface area is 199 Å². The van der Waals surface area contributed by atoms with Gasteiger partial charge in [-0.05, 0) is 61.4 Å². The summed E-state index contributed by atoms with van der Waals surface area (Å²) in [6.45, 7) is 6.18. The van der Waals surface area contributed by atoms with Crippen molar-refractivity contribution in [2.45, 2.75) is 20.3 Å². The normalized spacial score (nSPS) is 13.9. The minimum absolute atomic E-state index is 0.0202. The number of benzene rings is 3. The zero-order valence-corrected chi connectivity index (χ0v) is 19.6. The molecule has 6 nitrogen and oxygen atoms in total. The molecule has 1 aliphatic rings. The third-order valence-corrected chi connectivity index (χ3v) is 6.55. The van der Waals surface area contributed by atoms with Gasteiger partial charge in [-0.25, -0.2) is 4.98 Å². The lowest BCUT2D eigenvalue weighted by molar-refractivity contribution is 0.0535. The number of fused-ring (bicyclic) bond motifs is 1. The molecule has 0 bridgehead atoms. The first-order chi connectivity index (χ1) is 16.5. The van der Waals surface area contributed by atoms with E-state index in [1.807, 2.05) is 89.5 Å². The lowest BCUT2D eigenvalue weighted by Gasteiger charge is -2.35. The molecule has 3 aromatic carbocycles. The fraction of sp³-hybridized carbons (Fsp3) is 0.250. The Balaban J connectivity index is 1.29. The molecule has 0 aliphatic carbocycles. The molecule has 1 aromatic heterocycles. The van der Waals surface area contributed by atoms with Gasteiger partial charge in [0, 0.05) is 43.0 Å². The van der Waals surface area contributed by atoms with Crippen molar-refractivity contribution in [1.29, 1.82) is 0 Å². The van der Waals surface area contributed by atoms with Crippen LogP contribution in [0.15, 0.2) is 72.8 Å². The lowest BCUT2D eigenvalue weighted by Crippen LogP contribution is -2.50. The summed E-state index contributed by atoms with van der Waals surface area (Å²) in [4.78, 5) is 34.4. The van der Waals surface area contributed by atoms with Crippen molar-refractivity contribution < 1.29 is 9.59 Å². The molecule has 1 fully saturated rings. The molecule has 5 rings (SSSR count). The van der Waals surface area contributed by atoms with Crippen LogP contribution < -0.4 is 0 Å². The van der Waals surface area contributed by atoms with Crippen molar-refractivity contribution in [3.05, 3.63) is 95.3 Å². The highest BCUT2D eigenvalue weighted by atomic mass is 16.2. The molecule has 6 heteroatoms. The van der Waals surface area contributed by atoms with E-state index >= 15 is 0 Å². The molecule has 1 saturated heterocycles. The Morgan fingerprint density at radius 2 is 1.38 bits per heavy atom. The summed E-state index contributed by atoms with van der Waals surface area (Å²) < 4.78 is 2.10. The number of carbonyl (C=O) groups is 2. The van der Waals surface area contributed by atoms with E-state index in [1.54, 1.807) is 0 Å². The number of aryl methyl sites for hydroxylation is 2. The van der Waals surface area contributed by atoms with Gasteiger partial charge in [0.25, 0.3) is 11.8 Å². The smallest absolute Gasteiger partial charge is 0.254 e. The molecule has 0 saturated carbocycles. The highest BCUT2D eigenvalue weighted by Crippen LogP contribution is 2.23. The van der Waals surface area contributed by atoms with Crippen molar-refractivity contribution in [2.75, 3.05) is 26.2 Å². The maximum Gasteiger partial charge on any atom is 0.254 e. The van der Waals surface area contributed by atoms with E-state index in [0.29, 0.717) is 37.3 Å². The molecule has 2 heterocycles. The number of aromatic nitrogens is 2. The van der Waals surface area contributed by atoms with Gasteiger partial charge in [0.05, 0.1) is 11.0 Å². The summed E-state index contributed by atoms with van der Waals surface area (Å²) in [5.74, 6) is 0.885. The molecule has 1 aliphatic heterocycles. The molecule has 4 aromatic rings. The molecule has 0 spiro atoms. The van der Waals surface area contributed by atoms with Crippen LogP contribution in [0.25, 0.3) is 16.7 Å². The van der Waals surface area contributed by atoms with Crippen LogP contribution in [0.3, 0.4) is 0 Å². The third-order valence-electron chi connectivity index (χ3n) is 6.55. The molecule has 0 radical (unpaired) electrons. The van der Waals surface area contributed by atoms with Gasteiger partial charge in [-0.3, -0.25) is 14.2 Å². The van der Waals surface area contributed by atoms with E-state index in [4.69, 9.17) is 4.98 Å². The van der Waals surface area contributed by atoms with Crippen LogP contribution in [0.2, 0.25) is 0 Å². The molecule has 0 atom stereocenters. The zero-order chi connectivity index (χ0) is 23.7. The fourth-order valence-corrected chi connectivity index (χ4v) is 4.60. The first-order valence-electron chi connectivity index (χ1n) is 11.8. The van der Waals surface area contributed by atoms with Crippen molar-refractivity contribution in [2.24, 2.45) is 0 Å². The van der Waals surface area contributed by atoms with Crippen LogP contribution in [0.4, 0.5) is 0 Å². The number of amides is 2. The van der Waals surface area contributed by atoms with Gasteiger partial charge >= 0.3 is 0 Å². The second-order valence-electron chi connectivity index (χ2n) is 8.67. The monoisotopic (exact) mass is 452 g/mol. The summed E-state index contributed by atoms with van der Waals surface area (Å²) in [6.07, 6.45) is 0.952. The molecular weight excluding hydrogens is 424 g/mol. The van der Waals surface area contributed by atoms with Gasteiger partial charge < -0.3 is 9.80 Å². The SMILES string of the molecule is CCc1ccc(C(=O)N2CCN(C(=O)c3ccc4c(c3)nc(C)n4-c3ccccc3)CC2)cc1. The quantitative estimate of drug-likeness (QED) is 0.458. The summed E-state index contributed by atoms with van der Waals surface area (Å²) in [5, 5.41) is 0. The fourth-order valence-electron chi connectivity index (χ4n) is 4.60. The maximum absolute atomic E-state index is 13.2. The minimum atomic E-state index is -0.0202. The Morgan fingerprint density at radius 1 is 0.794 bits per heavy atom. The van der Waals surface area contributed by atoms with Crippen LogP contribution in [-0.2, 0) is 6.42 Å². The first-order valence-corrected chi connectivity index (χ1v) is 11.8. The number of hydrogen-bond acceptors (Lipinski definition) is 3. The molecule has 172 valence electrons. The highest BCUT2D eigenvalue weighted by Gasteiger charge is 2.26. The number of rotatable bonds is 4. The van der Waals surface area contributed by atoms with Gasteiger partial charge in [0.2, 0.25) is 0 Å². The number of carbonyl (C=O) groups excluding carboxylic acids is 2. The van der Waals surface area contributed by atoms with Crippen LogP contribution in [0, 0.1) is 6.92 Å². The third kappa shape index (κ3) is 4.07. The van der Waals surface area contributed by atoms with Crippen molar-refractivity contribution >= 4 is 22.8 Å². The van der Waals surface area contributed by atoms with Crippen LogP contribution in [0.1, 0.15) is 39.0 Å². The average molecular weight is 453 g/mol. The van der Waals surface area contributed by atoms with Gasteiger partial charge in [0.1, 0.15) is 5.82 Å². The van der Waals surface area contributed by atoms with E-state index in [2.05, 4.69) is 11.5 Å². The maximum atomic E-state index is 13.2. The average Bonchev–Trinajstić information content (AvgIpc) is 3.23. The Morgan fingerprint density at radius 3 is 2.00 bits per heavy atom. The Kier molecular flexibility index (Phi) is 5.88. The van der Waals surface area contributed by atoms with E-state index in [-0.39, 0.29) is 11.8 Å². The van der Waals surface area contributed by atoms with E-state index in [0.717, 1.165) is 29.0 Å². The molecular formula is C28H28N4O2. The molecule has 34 heavy (non-hydrogen) atoms. The second kappa shape index (κ2) is 9.14. The predicted molar refractivity (Wildman–Crippen MR) is 133 cm³/mol. The first kappa shape index (κ1) is 21.9. The standard InChI is InChI=1S/C28H28N4O2/c1-3-21-9-11-22(12-10-21)27(33)30-15-17-31(18-16-30)28(34)23-13-14-26-25(19-23)29-20(2)32(26)24-7-5-4-6-8-24/h4-14,19H,3,15-18H2,1-2H3. The summed E-state index contributed by atoms with van der Waals surface area (Å²) >= 11 is 0. The summed E-state index contributed by atoms with van der Waals surface area (Å²) in [6, 6.07) is 23.6. The van der Waals surface area contributed by atoms with E-state index in [9.17, 15) is 9.59 Å². The largest absolute Gasteiger partial charge is 0.335 e. The van der Waals surface area contributed by atoms with Crippen molar-refractivity contribution in [3.8, 4) is 5.69 Å². The second-order valence-corrected chi connectivity index (χ2v) is 8.67. The van der Waals surface area contributed by atoms with Crippen molar-refractivity contribution in [3.63, 3.8) is 0 Å². The van der Waals surface area contributed by atoms with Gasteiger partial charge in [0.15, 0.2) is 0 Å². The van der Waals surface area contributed by atoms with Crippen LogP contribution in [-0.4, -0.2) is 57.3 Å². The topological polar surface area (TPSA) is 58.4 Å². The number of piperazine rings is 1. The Bertz CT molecular complexity index is 1330. The van der Waals surface area contributed by atoms with Crippen molar-refractivity contribution in [1.82, 2.24) is 19.4 Å². The Hall–Kier alpha value is -3.93. The van der Waals surface area contributed by atoms with Crippen LogP contribution in [0.5, 0.6) is 0 Å². The van der Waals surface area contributed by atoms with E-state index in [1.165, 1.54) is 5.56 Å². The number of nitrogens with zero attached hydrogens (tertiary/aromatic N) is 4. The highest BCUT2D eigenvalue weighted by molar-refractivity contribution is 5.98. The van der Waals surface area contributed by atoms with Gasteiger partial charge in [-0.15, -0.1) is 0 Å². The molecule has 0 unspecified atom stereocenters. The summed E-state index contributed by atoms with van der Waals surface area (Å²) in [5.41, 5.74) is 5.37. The number of imidazole rings is 1. The van der Waals surface area contributed by atoms with Crippen LogP contribution >= 0.6 is 0 Å². The molecule has 0 N–H and O–H groups in total. The number of hydrogen-bond donors (Lipinski definition) is 0. The minimum Gasteiger partial charge on any atom is -0.335 e. The zero-order valence-electron chi connectivity index (χ0n) is 19.6. The number of para-hydroxylation sites is 1. The molecule has 2 amide bonds. The predicted octanol–water partition coefficient (Wildman–Crippen LogP) is 4.49. The lowest BCUT2D eigenvalue weighted by atomic mass is 10.1. The van der Waals surface area contributed by atoms with Gasteiger partial charge in [-0.2, -0.15) is 0 Å².